The molecular weight excluding hydrogens is 276 g/mol. The topological polar surface area (TPSA) is 67.6 Å². The molecule has 1 N–H and O–H groups in total. The zero-order chi connectivity index (χ0) is 14.8. The van der Waals surface area contributed by atoms with Gasteiger partial charge in [0.15, 0.2) is 5.76 Å². The molecule has 106 valence electrons. The second kappa shape index (κ2) is 5.29. The minimum Gasteiger partial charge on any atom is -0.461 e. The van der Waals surface area contributed by atoms with Gasteiger partial charge >= 0.3 is 0 Å². The standard InChI is InChI=1S/C17H12N4O/c1-2-6-12(7-3-1)15-16(13-8-4-10-18-13)19-17(21-20-15)14-9-5-11-22-14/h1-11,18H. The van der Waals surface area contributed by atoms with Gasteiger partial charge in [0.25, 0.3) is 0 Å². The maximum Gasteiger partial charge on any atom is 0.218 e. The van der Waals surface area contributed by atoms with Crippen LogP contribution in [0.15, 0.2) is 71.5 Å². The molecule has 3 heterocycles. The van der Waals surface area contributed by atoms with E-state index in [-0.39, 0.29) is 0 Å². The lowest BCUT2D eigenvalue weighted by molar-refractivity contribution is 0.576. The minimum atomic E-state index is 0.467. The van der Waals surface area contributed by atoms with Gasteiger partial charge in [-0.05, 0) is 24.3 Å². The number of aromatic nitrogens is 4. The van der Waals surface area contributed by atoms with Gasteiger partial charge in [-0.2, -0.15) is 0 Å². The predicted octanol–water partition coefficient (Wildman–Crippen LogP) is 3.79. The molecule has 0 aliphatic rings. The normalized spacial score (nSPS) is 10.7. The van der Waals surface area contributed by atoms with Crippen molar-refractivity contribution in [2.75, 3.05) is 0 Å². The molecule has 0 saturated carbocycles. The summed E-state index contributed by atoms with van der Waals surface area (Å²) in [5, 5.41) is 8.57. The van der Waals surface area contributed by atoms with E-state index in [9.17, 15) is 0 Å². The van der Waals surface area contributed by atoms with Crippen molar-refractivity contribution in [3.8, 4) is 34.2 Å². The number of nitrogens with one attached hydrogen (secondary N) is 1. The van der Waals surface area contributed by atoms with Crippen LogP contribution in [0.2, 0.25) is 0 Å². The van der Waals surface area contributed by atoms with E-state index in [0.717, 1.165) is 22.6 Å². The molecule has 5 heteroatoms. The Morgan fingerprint density at radius 3 is 2.45 bits per heavy atom. The third-order valence-electron chi connectivity index (χ3n) is 3.33. The summed E-state index contributed by atoms with van der Waals surface area (Å²) >= 11 is 0. The summed E-state index contributed by atoms with van der Waals surface area (Å²) in [6.07, 6.45) is 3.46. The fraction of sp³-hybridized carbons (Fsp3) is 0. The molecular formula is C17H12N4O. The molecule has 0 fully saturated rings. The summed E-state index contributed by atoms with van der Waals surface area (Å²) in [5.41, 5.74) is 3.34. The molecule has 0 atom stereocenters. The molecule has 0 unspecified atom stereocenters. The van der Waals surface area contributed by atoms with Crippen molar-refractivity contribution in [3.05, 3.63) is 67.1 Å². The Kier molecular flexibility index (Phi) is 3.01. The van der Waals surface area contributed by atoms with Crippen molar-refractivity contribution in [3.63, 3.8) is 0 Å². The molecule has 0 amide bonds. The van der Waals surface area contributed by atoms with Crippen LogP contribution in [0.25, 0.3) is 34.2 Å². The van der Waals surface area contributed by atoms with Gasteiger partial charge < -0.3 is 9.40 Å². The summed E-state index contributed by atoms with van der Waals surface area (Å²) in [7, 11) is 0. The number of nitrogens with zero attached hydrogens (tertiary/aromatic N) is 3. The zero-order valence-corrected chi connectivity index (χ0v) is 11.6. The van der Waals surface area contributed by atoms with Crippen molar-refractivity contribution >= 4 is 0 Å². The van der Waals surface area contributed by atoms with Crippen LogP contribution in [-0.4, -0.2) is 20.2 Å². The third-order valence-corrected chi connectivity index (χ3v) is 3.33. The van der Waals surface area contributed by atoms with Gasteiger partial charge in [-0.3, -0.25) is 0 Å². The third kappa shape index (κ3) is 2.18. The van der Waals surface area contributed by atoms with E-state index in [0.29, 0.717) is 11.6 Å². The SMILES string of the molecule is c1ccc(-c2nnc(-c3ccco3)nc2-c2ccc[nH]2)cc1. The number of H-pyrrole nitrogens is 1. The van der Waals surface area contributed by atoms with Crippen LogP contribution >= 0.6 is 0 Å². The summed E-state index contributed by atoms with van der Waals surface area (Å²) in [4.78, 5) is 7.81. The van der Waals surface area contributed by atoms with Crippen molar-refractivity contribution in [1.29, 1.82) is 0 Å². The van der Waals surface area contributed by atoms with E-state index < -0.39 is 0 Å². The summed E-state index contributed by atoms with van der Waals surface area (Å²) in [5.74, 6) is 1.06. The van der Waals surface area contributed by atoms with Gasteiger partial charge in [-0.15, -0.1) is 10.2 Å². The van der Waals surface area contributed by atoms with Crippen molar-refractivity contribution in [2.45, 2.75) is 0 Å². The summed E-state index contributed by atoms with van der Waals surface area (Å²) in [6.45, 7) is 0. The monoisotopic (exact) mass is 288 g/mol. The van der Waals surface area contributed by atoms with Crippen LogP contribution in [0, 0.1) is 0 Å². The number of hydrogen-bond acceptors (Lipinski definition) is 4. The van der Waals surface area contributed by atoms with Crippen LogP contribution in [0.3, 0.4) is 0 Å². The highest BCUT2D eigenvalue weighted by Crippen LogP contribution is 2.28. The van der Waals surface area contributed by atoms with Crippen LogP contribution in [0.1, 0.15) is 0 Å². The van der Waals surface area contributed by atoms with Crippen molar-refractivity contribution in [2.24, 2.45) is 0 Å². The molecule has 0 spiro atoms. The number of aromatic amines is 1. The molecule has 4 aromatic rings. The Hall–Kier alpha value is -3.21. The Morgan fingerprint density at radius 2 is 1.73 bits per heavy atom. The Morgan fingerprint density at radius 1 is 0.818 bits per heavy atom. The lowest BCUT2D eigenvalue weighted by Gasteiger charge is -2.07. The summed E-state index contributed by atoms with van der Waals surface area (Å²) < 4.78 is 5.36. The van der Waals surface area contributed by atoms with Gasteiger partial charge in [0, 0.05) is 11.8 Å². The van der Waals surface area contributed by atoms with E-state index >= 15 is 0 Å². The molecule has 5 nitrogen and oxygen atoms in total. The first-order valence-electron chi connectivity index (χ1n) is 6.89. The molecule has 0 aliphatic carbocycles. The van der Waals surface area contributed by atoms with Gasteiger partial charge in [-0.25, -0.2) is 4.98 Å². The number of rotatable bonds is 3. The zero-order valence-electron chi connectivity index (χ0n) is 11.6. The van der Waals surface area contributed by atoms with Gasteiger partial charge in [-0.1, -0.05) is 30.3 Å². The molecule has 22 heavy (non-hydrogen) atoms. The molecule has 1 aromatic carbocycles. The minimum absolute atomic E-state index is 0.467. The Balaban J connectivity index is 1.92. The Labute approximate surface area is 126 Å². The predicted molar refractivity (Wildman–Crippen MR) is 82.8 cm³/mol. The van der Waals surface area contributed by atoms with Gasteiger partial charge in [0.2, 0.25) is 5.82 Å². The smallest absolute Gasteiger partial charge is 0.218 e. The van der Waals surface area contributed by atoms with Gasteiger partial charge in [0.1, 0.15) is 11.4 Å². The first kappa shape index (κ1) is 12.5. The maximum atomic E-state index is 5.36. The number of hydrogen-bond donors (Lipinski definition) is 1. The largest absolute Gasteiger partial charge is 0.461 e. The fourth-order valence-corrected chi connectivity index (χ4v) is 2.29. The van der Waals surface area contributed by atoms with E-state index in [1.54, 1.807) is 12.3 Å². The molecule has 3 aromatic heterocycles. The van der Waals surface area contributed by atoms with E-state index in [2.05, 4.69) is 20.2 Å². The molecule has 0 bridgehead atoms. The van der Waals surface area contributed by atoms with Gasteiger partial charge in [0.05, 0.1) is 12.0 Å². The van der Waals surface area contributed by atoms with Crippen molar-refractivity contribution in [1.82, 2.24) is 20.2 Å². The highest BCUT2D eigenvalue weighted by molar-refractivity contribution is 5.76. The second-order valence-electron chi connectivity index (χ2n) is 4.76. The van der Waals surface area contributed by atoms with Crippen LogP contribution in [-0.2, 0) is 0 Å². The average molecular weight is 288 g/mol. The highest BCUT2D eigenvalue weighted by Gasteiger charge is 2.15. The molecule has 4 rings (SSSR count). The van der Waals surface area contributed by atoms with Crippen molar-refractivity contribution < 1.29 is 4.42 Å². The van der Waals surface area contributed by atoms with E-state index in [1.165, 1.54) is 0 Å². The average Bonchev–Trinajstić information content (AvgIpc) is 3.29. The van der Waals surface area contributed by atoms with Crippen LogP contribution in [0.5, 0.6) is 0 Å². The van der Waals surface area contributed by atoms with Crippen LogP contribution in [0.4, 0.5) is 0 Å². The maximum absolute atomic E-state index is 5.36. The lowest BCUT2D eigenvalue weighted by atomic mass is 10.1. The first-order valence-corrected chi connectivity index (χ1v) is 6.89. The highest BCUT2D eigenvalue weighted by atomic mass is 16.3. The van der Waals surface area contributed by atoms with E-state index in [4.69, 9.17) is 4.42 Å². The fourth-order valence-electron chi connectivity index (χ4n) is 2.29. The molecule has 0 saturated heterocycles. The van der Waals surface area contributed by atoms with Crippen LogP contribution < -0.4 is 0 Å². The van der Waals surface area contributed by atoms with E-state index in [1.807, 2.05) is 54.7 Å². The first-order chi connectivity index (χ1) is 10.9. The quantitative estimate of drug-likeness (QED) is 0.622. The Bertz CT molecular complexity index is 868. The lowest BCUT2D eigenvalue weighted by Crippen LogP contribution is -1.99. The summed E-state index contributed by atoms with van der Waals surface area (Å²) in [6, 6.07) is 17.4. The molecule has 0 aliphatic heterocycles. The number of furan rings is 1. The molecule has 0 radical (unpaired) electrons. The second-order valence-corrected chi connectivity index (χ2v) is 4.76. The number of benzene rings is 1.